The molecule has 0 radical (unpaired) electrons. The molecular formula is C17H22ClN3OS. The summed E-state index contributed by atoms with van der Waals surface area (Å²) in [4.78, 5) is 18.8. The average Bonchev–Trinajstić information content (AvgIpc) is 2.90. The summed E-state index contributed by atoms with van der Waals surface area (Å²) in [6, 6.07) is 6.10. The van der Waals surface area contributed by atoms with Crippen LogP contribution in [0.4, 0.5) is 0 Å². The molecule has 2 heterocycles. The van der Waals surface area contributed by atoms with Gasteiger partial charge < -0.3 is 5.32 Å². The van der Waals surface area contributed by atoms with E-state index >= 15 is 0 Å². The number of hydrogen-bond acceptors (Lipinski definition) is 4. The Balaban J connectivity index is 1.58. The van der Waals surface area contributed by atoms with Crippen molar-refractivity contribution >= 4 is 39.1 Å². The number of piperidine rings is 1. The van der Waals surface area contributed by atoms with Gasteiger partial charge >= 0.3 is 0 Å². The number of aromatic nitrogens is 1. The Labute approximate surface area is 145 Å². The van der Waals surface area contributed by atoms with Gasteiger partial charge in [-0.3, -0.25) is 9.69 Å². The van der Waals surface area contributed by atoms with Crippen molar-refractivity contribution in [3.8, 4) is 0 Å². The maximum atomic E-state index is 11.8. The van der Waals surface area contributed by atoms with Gasteiger partial charge in [-0.1, -0.05) is 11.6 Å². The SMILES string of the molecule is CC(C)NC(=O)CN1CCC(c2nc3cc(Cl)ccc3s2)CC1. The number of nitrogens with zero attached hydrogens (tertiary/aromatic N) is 2. The van der Waals surface area contributed by atoms with Crippen molar-refractivity contribution in [3.05, 3.63) is 28.2 Å². The minimum Gasteiger partial charge on any atom is -0.353 e. The van der Waals surface area contributed by atoms with Gasteiger partial charge in [0.2, 0.25) is 5.91 Å². The Morgan fingerprint density at radius 1 is 1.43 bits per heavy atom. The van der Waals surface area contributed by atoms with Crippen LogP contribution in [0.3, 0.4) is 0 Å². The molecule has 0 aliphatic carbocycles. The number of halogens is 1. The van der Waals surface area contributed by atoms with Crippen molar-refractivity contribution < 1.29 is 4.79 Å². The summed E-state index contributed by atoms with van der Waals surface area (Å²) in [6.07, 6.45) is 2.12. The van der Waals surface area contributed by atoms with Crippen molar-refractivity contribution in [1.29, 1.82) is 0 Å². The van der Waals surface area contributed by atoms with E-state index in [0.717, 1.165) is 36.5 Å². The lowest BCUT2D eigenvalue weighted by atomic mass is 9.97. The fourth-order valence-electron chi connectivity index (χ4n) is 3.00. The largest absolute Gasteiger partial charge is 0.353 e. The molecule has 2 aromatic rings. The average molecular weight is 352 g/mol. The van der Waals surface area contributed by atoms with E-state index in [1.807, 2.05) is 32.0 Å². The highest BCUT2D eigenvalue weighted by atomic mass is 35.5. The highest BCUT2D eigenvalue weighted by Gasteiger charge is 2.24. The van der Waals surface area contributed by atoms with Crippen LogP contribution in [-0.4, -0.2) is 41.5 Å². The number of fused-ring (bicyclic) bond motifs is 1. The van der Waals surface area contributed by atoms with Gasteiger partial charge in [0.1, 0.15) is 0 Å². The van der Waals surface area contributed by atoms with Crippen LogP contribution >= 0.6 is 22.9 Å². The fourth-order valence-corrected chi connectivity index (χ4v) is 4.28. The number of carbonyl (C=O) groups excluding carboxylic acids is 1. The number of likely N-dealkylation sites (tertiary alicyclic amines) is 1. The Hall–Kier alpha value is -1.17. The number of rotatable bonds is 4. The lowest BCUT2D eigenvalue weighted by Crippen LogP contribution is -2.43. The lowest BCUT2D eigenvalue weighted by molar-refractivity contribution is -0.123. The first-order valence-corrected chi connectivity index (χ1v) is 9.28. The Kier molecular flexibility index (Phi) is 5.19. The van der Waals surface area contributed by atoms with Crippen LogP contribution in [0.5, 0.6) is 0 Å². The van der Waals surface area contributed by atoms with Gasteiger partial charge in [-0.25, -0.2) is 4.98 Å². The highest BCUT2D eigenvalue weighted by Crippen LogP contribution is 2.34. The van der Waals surface area contributed by atoms with E-state index in [4.69, 9.17) is 16.6 Å². The van der Waals surface area contributed by atoms with Crippen LogP contribution in [0.1, 0.15) is 37.6 Å². The molecule has 1 aromatic carbocycles. The normalized spacial score (nSPS) is 17.0. The number of thiazole rings is 1. The number of hydrogen-bond donors (Lipinski definition) is 1. The van der Waals surface area contributed by atoms with Gasteiger partial charge in [-0.2, -0.15) is 0 Å². The van der Waals surface area contributed by atoms with Crippen LogP contribution in [0.25, 0.3) is 10.2 Å². The molecule has 23 heavy (non-hydrogen) atoms. The van der Waals surface area contributed by atoms with Crippen molar-refractivity contribution in [3.63, 3.8) is 0 Å². The highest BCUT2D eigenvalue weighted by molar-refractivity contribution is 7.18. The molecule has 1 aliphatic rings. The first-order chi connectivity index (χ1) is 11.0. The summed E-state index contributed by atoms with van der Waals surface area (Å²) in [5.74, 6) is 0.615. The molecule has 0 bridgehead atoms. The van der Waals surface area contributed by atoms with Gasteiger partial charge in [0.05, 0.1) is 21.8 Å². The summed E-state index contributed by atoms with van der Waals surface area (Å²) < 4.78 is 1.20. The molecule has 1 saturated heterocycles. The third kappa shape index (κ3) is 4.22. The molecule has 6 heteroatoms. The van der Waals surface area contributed by atoms with Crippen LogP contribution in [0, 0.1) is 0 Å². The second-order valence-corrected chi connectivity index (χ2v) is 7.94. The third-order valence-corrected chi connectivity index (χ3v) is 5.55. The zero-order valence-electron chi connectivity index (χ0n) is 13.5. The maximum absolute atomic E-state index is 11.8. The summed E-state index contributed by atoms with van der Waals surface area (Å²) in [5, 5.41) is 4.89. The fraction of sp³-hybridized carbons (Fsp3) is 0.529. The zero-order valence-corrected chi connectivity index (χ0v) is 15.1. The molecule has 4 nitrogen and oxygen atoms in total. The van der Waals surface area contributed by atoms with Crippen LogP contribution in [-0.2, 0) is 4.79 Å². The van der Waals surface area contributed by atoms with Crippen LogP contribution in [0.15, 0.2) is 18.2 Å². The van der Waals surface area contributed by atoms with Gasteiger partial charge in [-0.15, -0.1) is 11.3 Å². The van der Waals surface area contributed by atoms with E-state index in [2.05, 4.69) is 10.2 Å². The summed E-state index contributed by atoms with van der Waals surface area (Å²) in [7, 11) is 0. The first-order valence-electron chi connectivity index (χ1n) is 8.09. The Morgan fingerprint density at radius 2 is 2.17 bits per heavy atom. The van der Waals surface area contributed by atoms with E-state index in [9.17, 15) is 4.79 Å². The number of amides is 1. The molecular weight excluding hydrogens is 330 g/mol. The number of nitrogens with one attached hydrogen (secondary N) is 1. The topological polar surface area (TPSA) is 45.2 Å². The van der Waals surface area contributed by atoms with Crippen molar-refractivity contribution in [2.75, 3.05) is 19.6 Å². The van der Waals surface area contributed by atoms with Crippen molar-refractivity contribution in [2.45, 2.75) is 38.6 Å². The van der Waals surface area contributed by atoms with E-state index in [1.54, 1.807) is 11.3 Å². The van der Waals surface area contributed by atoms with E-state index in [1.165, 1.54) is 9.71 Å². The standard InChI is InChI=1S/C17H22ClN3OS/c1-11(2)19-16(22)10-21-7-5-12(6-8-21)17-20-14-9-13(18)3-4-15(14)23-17/h3-4,9,11-12H,5-8,10H2,1-2H3,(H,19,22). The molecule has 0 atom stereocenters. The minimum atomic E-state index is 0.119. The number of benzene rings is 1. The summed E-state index contributed by atoms with van der Waals surface area (Å²) in [5.41, 5.74) is 0.997. The Bertz CT molecular complexity index is 692. The van der Waals surface area contributed by atoms with Gasteiger partial charge in [0.25, 0.3) is 0 Å². The van der Waals surface area contributed by atoms with E-state index in [0.29, 0.717) is 12.5 Å². The van der Waals surface area contributed by atoms with Crippen molar-refractivity contribution in [2.24, 2.45) is 0 Å². The zero-order chi connectivity index (χ0) is 16.4. The molecule has 0 spiro atoms. The molecule has 1 fully saturated rings. The molecule has 1 amide bonds. The second-order valence-electron chi connectivity index (χ2n) is 6.44. The van der Waals surface area contributed by atoms with E-state index in [-0.39, 0.29) is 11.9 Å². The third-order valence-electron chi connectivity index (χ3n) is 4.12. The summed E-state index contributed by atoms with van der Waals surface area (Å²) in [6.45, 7) is 6.38. The predicted molar refractivity (Wildman–Crippen MR) is 96.3 cm³/mol. The quantitative estimate of drug-likeness (QED) is 0.914. The van der Waals surface area contributed by atoms with E-state index < -0.39 is 0 Å². The molecule has 0 saturated carbocycles. The first kappa shape index (κ1) is 16.7. The molecule has 1 aromatic heterocycles. The summed E-state index contributed by atoms with van der Waals surface area (Å²) >= 11 is 7.81. The van der Waals surface area contributed by atoms with Crippen LogP contribution in [0.2, 0.25) is 5.02 Å². The van der Waals surface area contributed by atoms with Gasteiger partial charge in [0.15, 0.2) is 0 Å². The second kappa shape index (κ2) is 7.16. The van der Waals surface area contributed by atoms with Gasteiger partial charge in [0, 0.05) is 17.0 Å². The smallest absolute Gasteiger partial charge is 0.234 e. The maximum Gasteiger partial charge on any atom is 0.234 e. The predicted octanol–water partition coefficient (Wildman–Crippen LogP) is 3.65. The lowest BCUT2D eigenvalue weighted by Gasteiger charge is -2.30. The van der Waals surface area contributed by atoms with Gasteiger partial charge in [-0.05, 0) is 58.0 Å². The molecule has 0 unspecified atom stereocenters. The minimum absolute atomic E-state index is 0.119. The van der Waals surface area contributed by atoms with Crippen LogP contribution < -0.4 is 5.32 Å². The molecule has 3 rings (SSSR count). The molecule has 1 aliphatic heterocycles. The monoisotopic (exact) mass is 351 g/mol. The molecule has 124 valence electrons. The Morgan fingerprint density at radius 3 is 2.87 bits per heavy atom. The number of carbonyl (C=O) groups is 1. The van der Waals surface area contributed by atoms with Crippen molar-refractivity contribution in [1.82, 2.24) is 15.2 Å². The molecule has 1 N–H and O–H groups in total.